The molecule has 3 rings (SSSR count). The van der Waals surface area contributed by atoms with E-state index in [1.54, 1.807) is 31.2 Å². The minimum atomic E-state index is -1.39. The number of carbonyl (C=O) groups is 8. The molecule has 0 heterocycles. The quantitative estimate of drug-likeness (QED) is 0.102. The number of aromatic carboxylic acids is 1. The van der Waals surface area contributed by atoms with Crippen LogP contribution in [0.3, 0.4) is 0 Å². The first-order chi connectivity index (χ1) is 26.8. The van der Waals surface area contributed by atoms with E-state index < -0.39 is 83.4 Å². The van der Waals surface area contributed by atoms with Crippen molar-refractivity contribution < 1.29 is 48.6 Å². The summed E-state index contributed by atoms with van der Waals surface area (Å²) in [6.07, 6.45) is 4.53. The van der Waals surface area contributed by atoms with Crippen molar-refractivity contribution in [1.29, 1.82) is 0 Å². The topological polar surface area (TPSA) is 237 Å². The molecule has 0 aliphatic heterocycles. The van der Waals surface area contributed by atoms with E-state index >= 15 is 0 Å². The van der Waals surface area contributed by atoms with Gasteiger partial charge in [-0.25, -0.2) is 9.59 Å². The first-order valence-corrected chi connectivity index (χ1v) is 19.5. The van der Waals surface area contributed by atoms with Crippen LogP contribution in [0, 0.1) is 11.8 Å². The third kappa shape index (κ3) is 13.8. The van der Waals surface area contributed by atoms with Gasteiger partial charge in [-0.15, -0.1) is 0 Å². The van der Waals surface area contributed by atoms with Crippen molar-refractivity contribution in [3.05, 3.63) is 70.8 Å². The lowest BCUT2D eigenvalue weighted by molar-refractivity contribution is -0.142. The summed E-state index contributed by atoms with van der Waals surface area (Å²) in [4.78, 5) is 104. The predicted molar refractivity (Wildman–Crippen MR) is 211 cm³/mol. The summed E-state index contributed by atoms with van der Waals surface area (Å²) in [6.45, 7) is 10.4. The van der Waals surface area contributed by atoms with E-state index in [-0.39, 0.29) is 35.8 Å². The molecule has 1 aliphatic rings. The Morgan fingerprint density at radius 1 is 0.772 bits per heavy atom. The van der Waals surface area contributed by atoms with Crippen LogP contribution >= 0.6 is 0 Å². The molecule has 2 aromatic carbocycles. The molecule has 15 nitrogen and oxygen atoms in total. The monoisotopic (exact) mass is 791 g/mol. The van der Waals surface area contributed by atoms with Crippen LogP contribution in [-0.4, -0.2) is 82.1 Å². The third-order valence-corrected chi connectivity index (χ3v) is 9.87. The highest BCUT2D eigenvalue weighted by Crippen LogP contribution is 2.28. The van der Waals surface area contributed by atoms with Gasteiger partial charge >= 0.3 is 11.9 Å². The molecule has 0 saturated heterocycles. The van der Waals surface area contributed by atoms with Crippen molar-refractivity contribution in [3.63, 3.8) is 0 Å². The lowest BCUT2D eigenvalue weighted by Gasteiger charge is -2.32. The number of aliphatic carboxylic acids is 1. The highest BCUT2D eigenvalue weighted by molar-refractivity contribution is 6.38. The molecule has 0 bridgehead atoms. The van der Waals surface area contributed by atoms with Gasteiger partial charge in [0.15, 0.2) is 6.04 Å². The van der Waals surface area contributed by atoms with Gasteiger partial charge in [0.1, 0.15) is 12.1 Å². The van der Waals surface area contributed by atoms with E-state index in [9.17, 15) is 48.6 Å². The Balaban J connectivity index is 1.77. The molecule has 4 atom stereocenters. The van der Waals surface area contributed by atoms with Crippen LogP contribution in [0.5, 0.6) is 0 Å². The number of hydrogen-bond acceptors (Lipinski definition) is 8. The second-order valence-electron chi connectivity index (χ2n) is 16.0. The number of carboxylic acids is 2. The number of Topliss-reactive ketones (excluding diaryl/α,β-unsaturated/α-hetero) is 1. The van der Waals surface area contributed by atoms with E-state index in [1.807, 2.05) is 34.6 Å². The molecule has 7 N–H and O–H groups in total. The highest BCUT2D eigenvalue weighted by Gasteiger charge is 2.36. The van der Waals surface area contributed by atoms with Crippen molar-refractivity contribution in [2.45, 2.75) is 122 Å². The number of amides is 5. The number of nitrogens with one attached hydrogen (secondary N) is 5. The third-order valence-electron chi connectivity index (χ3n) is 9.87. The van der Waals surface area contributed by atoms with Crippen molar-refractivity contribution in [3.8, 4) is 0 Å². The molecule has 0 aromatic heterocycles. The minimum absolute atomic E-state index is 0.0638. The molecule has 1 fully saturated rings. The second-order valence-corrected chi connectivity index (χ2v) is 16.0. The van der Waals surface area contributed by atoms with Crippen LogP contribution in [0.25, 0.3) is 0 Å². The normalized spacial score (nSPS) is 15.3. The standard InChI is InChI=1S/C42H57N5O10/c1-7-14-30(35(49)39(53)43-23-32(48)46-34(41(56)57)26-17-12-9-13-18-26)44-37(51)31(19-24(2)3)45-38(52)33(25-15-10-8-11-16-25)47-36(50)27-20-28(40(54)55)22-29(21-27)42(4,5)6/h9,12-13,17-18,20-22,24-25,30-31,33-34H,7-8,10-11,14-16,19,23H2,1-6H3,(H,43,53)(H,44,51)(H,45,52)(H,46,48)(H,47,50)(H,54,55)(H,56,57)/t30?,31-,33-,34?/m0/s1. The van der Waals surface area contributed by atoms with Gasteiger partial charge in [0.2, 0.25) is 23.5 Å². The zero-order chi connectivity index (χ0) is 42.4. The van der Waals surface area contributed by atoms with Crippen molar-refractivity contribution in [2.24, 2.45) is 11.8 Å². The molecule has 15 heteroatoms. The van der Waals surface area contributed by atoms with Crippen LogP contribution in [0.1, 0.15) is 131 Å². The van der Waals surface area contributed by atoms with Gasteiger partial charge in [-0.05, 0) is 72.3 Å². The molecule has 5 amide bonds. The zero-order valence-corrected chi connectivity index (χ0v) is 33.6. The van der Waals surface area contributed by atoms with E-state index in [2.05, 4.69) is 26.6 Å². The van der Waals surface area contributed by atoms with Gasteiger partial charge in [-0.3, -0.25) is 28.8 Å². The summed E-state index contributed by atoms with van der Waals surface area (Å²) in [6, 6.07) is 7.43. The summed E-state index contributed by atoms with van der Waals surface area (Å²) in [5.74, 6) is -7.91. The molecule has 310 valence electrons. The van der Waals surface area contributed by atoms with Gasteiger partial charge in [-0.2, -0.15) is 0 Å². The summed E-state index contributed by atoms with van der Waals surface area (Å²) in [7, 11) is 0. The fourth-order valence-electron chi connectivity index (χ4n) is 6.75. The van der Waals surface area contributed by atoms with E-state index in [1.165, 1.54) is 24.3 Å². The molecule has 2 unspecified atom stereocenters. The largest absolute Gasteiger partial charge is 0.479 e. The highest BCUT2D eigenvalue weighted by atomic mass is 16.4. The van der Waals surface area contributed by atoms with E-state index in [0.717, 1.165) is 19.3 Å². The maximum Gasteiger partial charge on any atom is 0.335 e. The minimum Gasteiger partial charge on any atom is -0.479 e. The summed E-state index contributed by atoms with van der Waals surface area (Å²) in [5.41, 5.74) is 0.478. The lowest BCUT2D eigenvalue weighted by Crippen LogP contribution is -2.58. The second kappa shape index (κ2) is 21.1. The molecule has 57 heavy (non-hydrogen) atoms. The van der Waals surface area contributed by atoms with Crippen LogP contribution < -0.4 is 26.6 Å². The molecule has 0 radical (unpaired) electrons. The number of ketones is 1. The fourth-order valence-corrected chi connectivity index (χ4v) is 6.75. The Kier molecular flexibility index (Phi) is 16.9. The van der Waals surface area contributed by atoms with Crippen LogP contribution in [0.4, 0.5) is 0 Å². The van der Waals surface area contributed by atoms with Crippen LogP contribution in [0.15, 0.2) is 48.5 Å². The molecule has 1 saturated carbocycles. The maximum absolute atomic E-state index is 14.1. The van der Waals surface area contributed by atoms with Crippen molar-refractivity contribution >= 4 is 47.3 Å². The van der Waals surface area contributed by atoms with Gasteiger partial charge in [0.05, 0.1) is 18.2 Å². The van der Waals surface area contributed by atoms with Gasteiger partial charge in [-0.1, -0.05) is 97.6 Å². The summed E-state index contributed by atoms with van der Waals surface area (Å²) < 4.78 is 0. The molecule has 1 aliphatic carbocycles. The molecular formula is C42H57N5O10. The Bertz CT molecular complexity index is 1780. The Morgan fingerprint density at radius 2 is 1.39 bits per heavy atom. The summed E-state index contributed by atoms with van der Waals surface area (Å²) in [5, 5.41) is 32.1. The summed E-state index contributed by atoms with van der Waals surface area (Å²) >= 11 is 0. The van der Waals surface area contributed by atoms with Crippen molar-refractivity contribution in [2.75, 3.05) is 6.54 Å². The zero-order valence-electron chi connectivity index (χ0n) is 33.6. The van der Waals surface area contributed by atoms with Gasteiger partial charge in [0, 0.05) is 5.56 Å². The first kappa shape index (κ1) is 45.8. The number of hydrogen-bond donors (Lipinski definition) is 7. The predicted octanol–water partition coefficient (Wildman–Crippen LogP) is 3.80. The average Bonchev–Trinajstić information content (AvgIpc) is 3.16. The fraction of sp³-hybridized carbons (Fsp3) is 0.524. The molecule has 2 aromatic rings. The molecular weight excluding hydrogens is 734 g/mol. The number of carboxylic acid groups (broad SMARTS) is 2. The lowest BCUT2D eigenvalue weighted by atomic mass is 9.82. The Morgan fingerprint density at radius 3 is 1.95 bits per heavy atom. The number of benzene rings is 2. The molecule has 0 spiro atoms. The smallest absolute Gasteiger partial charge is 0.335 e. The number of rotatable bonds is 19. The van der Waals surface area contributed by atoms with Crippen molar-refractivity contribution in [1.82, 2.24) is 26.6 Å². The first-order valence-electron chi connectivity index (χ1n) is 19.5. The maximum atomic E-state index is 14.1. The van der Waals surface area contributed by atoms with Crippen LogP contribution in [-0.2, 0) is 34.2 Å². The van der Waals surface area contributed by atoms with Gasteiger partial charge in [0.25, 0.3) is 11.8 Å². The SMILES string of the molecule is CCCC(NC(=O)[C@H](CC(C)C)NC(=O)[C@@H](NC(=O)c1cc(C(=O)O)cc(C(C)(C)C)c1)C1CCCCC1)C(=O)C(=O)NCC(=O)NC(C(=O)O)c1ccccc1. The number of carbonyl (C=O) groups excluding carboxylic acids is 6. The van der Waals surface area contributed by atoms with E-state index in [4.69, 9.17) is 0 Å². The Labute approximate surface area is 333 Å². The Hall–Kier alpha value is -5.60. The van der Waals surface area contributed by atoms with E-state index in [0.29, 0.717) is 30.4 Å². The average molecular weight is 792 g/mol. The van der Waals surface area contributed by atoms with Gasteiger partial charge < -0.3 is 36.8 Å². The van der Waals surface area contributed by atoms with Crippen LogP contribution in [0.2, 0.25) is 0 Å².